The van der Waals surface area contributed by atoms with E-state index in [2.05, 4.69) is 35.1 Å². The third-order valence-electron chi connectivity index (χ3n) is 4.37. The molecule has 1 aliphatic rings. The Morgan fingerprint density at radius 2 is 2.21 bits per heavy atom. The minimum atomic E-state index is 0.377. The minimum absolute atomic E-state index is 0.377. The van der Waals surface area contributed by atoms with E-state index in [1.807, 2.05) is 0 Å². The van der Waals surface area contributed by atoms with Crippen LogP contribution in [0.25, 0.3) is 0 Å². The van der Waals surface area contributed by atoms with E-state index >= 15 is 0 Å². The highest BCUT2D eigenvalue weighted by atomic mass is 15.3. The van der Waals surface area contributed by atoms with Crippen molar-refractivity contribution >= 4 is 0 Å². The fourth-order valence-corrected chi connectivity index (χ4v) is 3.27. The number of nitrogens with zero attached hydrogens (tertiary/aromatic N) is 2. The number of nitrogens with one attached hydrogen (secondary N) is 1. The Balaban J connectivity index is 1.86. The van der Waals surface area contributed by atoms with Crippen molar-refractivity contribution in [3.05, 3.63) is 17.5 Å². The smallest absolute Gasteiger partial charge is 0.0596 e. The largest absolute Gasteiger partial charge is 0.271 e. The number of hydrogen-bond donors (Lipinski definition) is 2. The molecule has 1 saturated carbocycles. The van der Waals surface area contributed by atoms with Gasteiger partial charge in [0, 0.05) is 24.7 Å². The van der Waals surface area contributed by atoms with Gasteiger partial charge in [-0.15, -0.1) is 0 Å². The van der Waals surface area contributed by atoms with Crippen LogP contribution < -0.4 is 11.3 Å². The fraction of sp³-hybridized carbons (Fsp3) is 0.800. The maximum Gasteiger partial charge on any atom is 0.0596 e. The summed E-state index contributed by atoms with van der Waals surface area (Å²) in [4.78, 5) is 0. The van der Waals surface area contributed by atoms with Crippen LogP contribution in [0.3, 0.4) is 0 Å². The number of aryl methyl sites for hydroxylation is 2. The lowest BCUT2D eigenvalue weighted by Crippen LogP contribution is -2.37. The molecule has 2 rings (SSSR count). The summed E-state index contributed by atoms with van der Waals surface area (Å²) in [5.74, 6) is 6.66. The van der Waals surface area contributed by atoms with Gasteiger partial charge < -0.3 is 0 Å². The average Bonchev–Trinajstić information content (AvgIpc) is 3.03. The highest BCUT2D eigenvalue weighted by molar-refractivity contribution is 5.10. The van der Waals surface area contributed by atoms with E-state index in [0.29, 0.717) is 6.04 Å². The molecule has 0 bridgehead atoms. The maximum atomic E-state index is 5.72. The molecule has 0 radical (unpaired) electrons. The molecule has 3 N–H and O–H groups in total. The molecular weight excluding hydrogens is 236 g/mol. The first kappa shape index (κ1) is 14.5. The molecular formula is C15H28N4. The third-order valence-corrected chi connectivity index (χ3v) is 4.37. The second kappa shape index (κ2) is 7.06. The van der Waals surface area contributed by atoms with Gasteiger partial charge in [0.1, 0.15) is 0 Å². The first-order valence-electron chi connectivity index (χ1n) is 7.72. The van der Waals surface area contributed by atoms with Crippen LogP contribution in [0.4, 0.5) is 0 Å². The van der Waals surface area contributed by atoms with E-state index in [1.165, 1.54) is 44.2 Å². The molecule has 4 heteroatoms. The summed E-state index contributed by atoms with van der Waals surface area (Å²) in [5, 5.41) is 4.50. The first-order chi connectivity index (χ1) is 9.22. The Labute approximate surface area is 116 Å². The van der Waals surface area contributed by atoms with Crippen LogP contribution >= 0.6 is 0 Å². The van der Waals surface area contributed by atoms with Crippen molar-refractivity contribution in [3.8, 4) is 0 Å². The van der Waals surface area contributed by atoms with E-state index in [0.717, 1.165) is 24.6 Å². The predicted molar refractivity (Wildman–Crippen MR) is 78.6 cm³/mol. The van der Waals surface area contributed by atoms with Crippen LogP contribution in [0.2, 0.25) is 0 Å². The molecule has 0 amide bonds. The van der Waals surface area contributed by atoms with Gasteiger partial charge in [-0.2, -0.15) is 5.10 Å². The molecule has 0 aliphatic heterocycles. The number of aromatic nitrogens is 2. The predicted octanol–water partition coefficient (Wildman–Crippen LogP) is 2.56. The minimum Gasteiger partial charge on any atom is -0.271 e. The van der Waals surface area contributed by atoms with Crippen molar-refractivity contribution in [3.63, 3.8) is 0 Å². The monoisotopic (exact) mass is 264 g/mol. The van der Waals surface area contributed by atoms with Gasteiger partial charge in [-0.3, -0.25) is 16.0 Å². The second-order valence-electron chi connectivity index (χ2n) is 5.89. The van der Waals surface area contributed by atoms with Crippen molar-refractivity contribution in [1.82, 2.24) is 15.2 Å². The number of rotatable bonds is 7. The van der Waals surface area contributed by atoms with Crippen LogP contribution in [0.1, 0.15) is 56.8 Å². The van der Waals surface area contributed by atoms with Gasteiger partial charge in [-0.1, -0.05) is 25.7 Å². The average molecular weight is 264 g/mol. The van der Waals surface area contributed by atoms with E-state index < -0.39 is 0 Å². The third kappa shape index (κ3) is 4.05. The Morgan fingerprint density at radius 3 is 2.84 bits per heavy atom. The maximum absolute atomic E-state index is 5.72. The molecule has 1 heterocycles. The van der Waals surface area contributed by atoms with Crippen LogP contribution in [-0.4, -0.2) is 15.8 Å². The van der Waals surface area contributed by atoms with Gasteiger partial charge in [0.2, 0.25) is 0 Å². The van der Waals surface area contributed by atoms with Gasteiger partial charge in [-0.25, -0.2) is 0 Å². The summed E-state index contributed by atoms with van der Waals surface area (Å²) in [6.07, 6.45) is 9.16. The standard InChI is InChI=1S/C15H28N4/c1-3-19-15(10-12(2)18-19)11-14(17-16)9-8-13-6-4-5-7-13/h10,13-14,17H,3-9,11,16H2,1-2H3. The number of hydrogen-bond acceptors (Lipinski definition) is 3. The molecule has 1 aromatic rings. The van der Waals surface area contributed by atoms with Gasteiger partial charge in [0.25, 0.3) is 0 Å². The first-order valence-corrected chi connectivity index (χ1v) is 7.72. The summed E-state index contributed by atoms with van der Waals surface area (Å²) < 4.78 is 2.09. The quantitative estimate of drug-likeness (QED) is 0.588. The molecule has 0 spiro atoms. The van der Waals surface area contributed by atoms with Gasteiger partial charge >= 0.3 is 0 Å². The molecule has 1 aromatic heterocycles. The molecule has 1 atom stereocenters. The van der Waals surface area contributed by atoms with Gasteiger partial charge in [0.05, 0.1) is 5.69 Å². The van der Waals surface area contributed by atoms with Crippen molar-refractivity contribution in [2.24, 2.45) is 11.8 Å². The lowest BCUT2D eigenvalue weighted by molar-refractivity contribution is 0.400. The Bertz CT molecular complexity index is 379. The van der Waals surface area contributed by atoms with Crippen LogP contribution in [-0.2, 0) is 13.0 Å². The summed E-state index contributed by atoms with van der Waals surface area (Å²) in [7, 11) is 0. The lowest BCUT2D eigenvalue weighted by atomic mass is 9.96. The molecule has 1 fully saturated rings. The van der Waals surface area contributed by atoms with Crippen molar-refractivity contribution in [2.75, 3.05) is 0 Å². The SMILES string of the molecule is CCn1nc(C)cc1CC(CCC1CCCC1)NN. The van der Waals surface area contributed by atoms with Crippen molar-refractivity contribution in [2.45, 2.75) is 71.4 Å². The van der Waals surface area contributed by atoms with Gasteiger partial charge in [0.15, 0.2) is 0 Å². The van der Waals surface area contributed by atoms with Gasteiger partial charge in [-0.05, 0) is 38.7 Å². The zero-order valence-electron chi connectivity index (χ0n) is 12.4. The molecule has 1 aliphatic carbocycles. The van der Waals surface area contributed by atoms with E-state index in [1.54, 1.807) is 0 Å². The summed E-state index contributed by atoms with van der Waals surface area (Å²) >= 11 is 0. The van der Waals surface area contributed by atoms with E-state index in [9.17, 15) is 0 Å². The summed E-state index contributed by atoms with van der Waals surface area (Å²) in [5.41, 5.74) is 5.39. The van der Waals surface area contributed by atoms with Crippen LogP contribution in [0.5, 0.6) is 0 Å². The van der Waals surface area contributed by atoms with Crippen molar-refractivity contribution < 1.29 is 0 Å². The molecule has 4 nitrogen and oxygen atoms in total. The Morgan fingerprint density at radius 1 is 1.47 bits per heavy atom. The molecule has 19 heavy (non-hydrogen) atoms. The normalized spacial score (nSPS) is 18.1. The number of nitrogens with two attached hydrogens (primary N) is 1. The fourth-order valence-electron chi connectivity index (χ4n) is 3.27. The zero-order valence-corrected chi connectivity index (χ0v) is 12.4. The Kier molecular flexibility index (Phi) is 5.40. The van der Waals surface area contributed by atoms with Crippen molar-refractivity contribution in [1.29, 1.82) is 0 Å². The lowest BCUT2D eigenvalue weighted by Gasteiger charge is -2.18. The zero-order chi connectivity index (χ0) is 13.7. The summed E-state index contributed by atoms with van der Waals surface area (Å²) in [6.45, 7) is 5.13. The Hall–Kier alpha value is -0.870. The highest BCUT2D eigenvalue weighted by Crippen LogP contribution is 2.29. The summed E-state index contributed by atoms with van der Waals surface area (Å²) in [6, 6.07) is 2.56. The van der Waals surface area contributed by atoms with E-state index in [4.69, 9.17) is 5.84 Å². The second-order valence-corrected chi connectivity index (χ2v) is 5.89. The molecule has 108 valence electrons. The topological polar surface area (TPSA) is 55.9 Å². The highest BCUT2D eigenvalue weighted by Gasteiger charge is 2.18. The molecule has 0 aromatic carbocycles. The van der Waals surface area contributed by atoms with Crippen LogP contribution in [0.15, 0.2) is 6.07 Å². The number of hydrazine groups is 1. The molecule has 1 unspecified atom stereocenters. The molecule has 0 saturated heterocycles. The van der Waals surface area contributed by atoms with Crippen LogP contribution in [0, 0.1) is 12.8 Å². The van der Waals surface area contributed by atoms with E-state index in [-0.39, 0.29) is 0 Å².